The standard InChI is InChI=1S/C17H20N2O2/c1-19(2)17(21)14-5-3-4-13(10-14)16-11-15(18)7-6-12(16)8-9-20/h3-7,10-11,20H,8-9,18H2,1-2H3. The molecule has 4 nitrogen and oxygen atoms in total. The summed E-state index contributed by atoms with van der Waals surface area (Å²) >= 11 is 0. The first-order chi connectivity index (χ1) is 10.0. The zero-order chi connectivity index (χ0) is 15.4. The molecule has 0 bridgehead atoms. The third kappa shape index (κ3) is 3.41. The lowest BCUT2D eigenvalue weighted by molar-refractivity contribution is 0.0827. The number of rotatable bonds is 4. The van der Waals surface area contributed by atoms with E-state index in [2.05, 4.69) is 0 Å². The maximum absolute atomic E-state index is 12.1. The van der Waals surface area contributed by atoms with Crippen molar-refractivity contribution in [1.82, 2.24) is 4.90 Å². The quantitative estimate of drug-likeness (QED) is 0.846. The summed E-state index contributed by atoms with van der Waals surface area (Å²) in [4.78, 5) is 13.6. The molecule has 0 saturated carbocycles. The molecule has 1 amide bonds. The van der Waals surface area contributed by atoms with Gasteiger partial charge in [-0.15, -0.1) is 0 Å². The molecule has 0 unspecified atom stereocenters. The summed E-state index contributed by atoms with van der Waals surface area (Å²) in [5, 5.41) is 9.18. The number of aliphatic hydroxyl groups excluding tert-OH is 1. The molecular formula is C17H20N2O2. The number of aliphatic hydroxyl groups is 1. The number of carbonyl (C=O) groups is 1. The van der Waals surface area contributed by atoms with Gasteiger partial charge in [-0.25, -0.2) is 0 Å². The Hall–Kier alpha value is -2.33. The topological polar surface area (TPSA) is 66.6 Å². The molecule has 2 aromatic carbocycles. The summed E-state index contributed by atoms with van der Waals surface area (Å²) in [6.45, 7) is 0.0766. The van der Waals surface area contributed by atoms with Crippen molar-refractivity contribution in [3.63, 3.8) is 0 Å². The second-order valence-corrected chi connectivity index (χ2v) is 5.17. The average Bonchev–Trinajstić information content (AvgIpc) is 2.48. The lowest BCUT2D eigenvalue weighted by Crippen LogP contribution is -2.21. The minimum Gasteiger partial charge on any atom is -0.399 e. The van der Waals surface area contributed by atoms with Crippen LogP contribution in [0.25, 0.3) is 11.1 Å². The molecule has 2 aromatic rings. The van der Waals surface area contributed by atoms with Crippen molar-refractivity contribution in [2.24, 2.45) is 0 Å². The highest BCUT2D eigenvalue weighted by molar-refractivity contribution is 5.95. The number of hydrogen-bond donors (Lipinski definition) is 2. The molecule has 0 atom stereocenters. The fourth-order valence-electron chi connectivity index (χ4n) is 2.28. The number of carbonyl (C=O) groups excluding carboxylic acids is 1. The Kier molecular flexibility index (Phi) is 4.60. The molecule has 0 spiro atoms. The van der Waals surface area contributed by atoms with E-state index in [1.165, 1.54) is 0 Å². The van der Waals surface area contributed by atoms with E-state index in [9.17, 15) is 9.90 Å². The Morgan fingerprint density at radius 2 is 1.95 bits per heavy atom. The van der Waals surface area contributed by atoms with Crippen molar-refractivity contribution in [1.29, 1.82) is 0 Å². The lowest BCUT2D eigenvalue weighted by atomic mass is 9.95. The predicted molar refractivity (Wildman–Crippen MR) is 85.1 cm³/mol. The van der Waals surface area contributed by atoms with Gasteiger partial charge in [-0.05, 0) is 47.4 Å². The van der Waals surface area contributed by atoms with Crippen LogP contribution < -0.4 is 5.73 Å². The molecular weight excluding hydrogens is 264 g/mol. The van der Waals surface area contributed by atoms with E-state index in [0.717, 1.165) is 16.7 Å². The summed E-state index contributed by atoms with van der Waals surface area (Å²) in [5.74, 6) is -0.0375. The van der Waals surface area contributed by atoms with E-state index in [1.807, 2.05) is 36.4 Å². The van der Waals surface area contributed by atoms with Gasteiger partial charge in [0, 0.05) is 32.0 Å². The van der Waals surface area contributed by atoms with Crippen LogP contribution in [0.5, 0.6) is 0 Å². The number of nitrogens with zero attached hydrogens (tertiary/aromatic N) is 1. The number of benzene rings is 2. The minimum absolute atomic E-state index is 0.0375. The third-order valence-corrected chi connectivity index (χ3v) is 3.34. The van der Waals surface area contributed by atoms with Gasteiger partial charge in [0.25, 0.3) is 5.91 Å². The van der Waals surface area contributed by atoms with Crippen molar-refractivity contribution in [2.75, 3.05) is 26.4 Å². The van der Waals surface area contributed by atoms with E-state index in [1.54, 1.807) is 25.1 Å². The molecule has 0 saturated heterocycles. The fraction of sp³-hybridized carbons (Fsp3) is 0.235. The summed E-state index contributed by atoms with van der Waals surface area (Å²) in [5.41, 5.74) is 10.1. The Labute approximate surface area is 124 Å². The number of anilines is 1. The molecule has 21 heavy (non-hydrogen) atoms. The van der Waals surface area contributed by atoms with Gasteiger partial charge in [-0.1, -0.05) is 18.2 Å². The summed E-state index contributed by atoms with van der Waals surface area (Å²) in [6, 6.07) is 13.1. The first kappa shape index (κ1) is 15.1. The predicted octanol–water partition coefficient (Wildman–Crippen LogP) is 2.17. The Morgan fingerprint density at radius 1 is 1.19 bits per heavy atom. The normalized spacial score (nSPS) is 10.4. The second kappa shape index (κ2) is 6.41. The Bertz CT molecular complexity index is 651. The van der Waals surface area contributed by atoms with Gasteiger partial charge >= 0.3 is 0 Å². The van der Waals surface area contributed by atoms with E-state index < -0.39 is 0 Å². The molecule has 0 fully saturated rings. The van der Waals surface area contributed by atoms with Crippen LogP contribution in [0.1, 0.15) is 15.9 Å². The highest BCUT2D eigenvalue weighted by Gasteiger charge is 2.11. The molecule has 4 heteroatoms. The van der Waals surface area contributed by atoms with Crippen molar-refractivity contribution in [3.05, 3.63) is 53.6 Å². The molecule has 3 N–H and O–H groups in total. The number of amides is 1. The van der Waals surface area contributed by atoms with E-state index in [4.69, 9.17) is 5.73 Å². The largest absolute Gasteiger partial charge is 0.399 e. The first-order valence-corrected chi connectivity index (χ1v) is 6.84. The fourth-order valence-corrected chi connectivity index (χ4v) is 2.28. The first-order valence-electron chi connectivity index (χ1n) is 6.84. The molecule has 0 radical (unpaired) electrons. The maximum Gasteiger partial charge on any atom is 0.253 e. The van der Waals surface area contributed by atoms with Gasteiger partial charge in [0.05, 0.1) is 0 Å². The van der Waals surface area contributed by atoms with E-state index in [0.29, 0.717) is 17.7 Å². The molecule has 0 aromatic heterocycles. The summed E-state index contributed by atoms with van der Waals surface area (Å²) < 4.78 is 0. The Balaban J connectivity index is 2.49. The maximum atomic E-state index is 12.1. The molecule has 0 heterocycles. The van der Waals surface area contributed by atoms with Crippen molar-refractivity contribution in [3.8, 4) is 11.1 Å². The van der Waals surface area contributed by atoms with Crippen LogP contribution in [0.15, 0.2) is 42.5 Å². The second-order valence-electron chi connectivity index (χ2n) is 5.17. The molecule has 110 valence electrons. The Morgan fingerprint density at radius 3 is 2.62 bits per heavy atom. The average molecular weight is 284 g/mol. The van der Waals surface area contributed by atoms with Crippen LogP contribution in [0, 0.1) is 0 Å². The highest BCUT2D eigenvalue weighted by Crippen LogP contribution is 2.27. The van der Waals surface area contributed by atoms with Gasteiger partial charge < -0.3 is 15.7 Å². The zero-order valence-electron chi connectivity index (χ0n) is 12.3. The van der Waals surface area contributed by atoms with Crippen LogP contribution in [0.3, 0.4) is 0 Å². The number of nitrogens with two attached hydrogens (primary N) is 1. The number of hydrogen-bond acceptors (Lipinski definition) is 3. The van der Waals surface area contributed by atoms with E-state index in [-0.39, 0.29) is 12.5 Å². The smallest absolute Gasteiger partial charge is 0.253 e. The van der Waals surface area contributed by atoms with Gasteiger partial charge in [-0.2, -0.15) is 0 Å². The van der Waals surface area contributed by atoms with Crippen LogP contribution >= 0.6 is 0 Å². The van der Waals surface area contributed by atoms with Gasteiger partial charge in [0.1, 0.15) is 0 Å². The molecule has 0 aliphatic rings. The van der Waals surface area contributed by atoms with Crippen molar-refractivity contribution >= 4 is 11.6 Å². The van der Waals surface area contributed by atoms with Crippen LogP contribution in [0.2, 0.25) is 0 Å². The van der Waals surface area contributed by atoms with Gasteiger partial charge in [0.15, 0.2) is 0 Å². The highest BCUT2D eigenvalue weighted by atomic mass is 16.3. The minimum atomic E-state index is -0.0375. The molecule has 2 rings (SSSR count). The van der Waals surface area contributed by atoms with Crippen LogP contribution in [-0.2, 0) is 6.42 Å². The SMILES string of the molecule is CN(C)C(=O)c1cccc(-c2cc(N)ccc2CCO)c1. The van der Waals surface area contributed by atoms with E-state index >= 15 is 0 Å². The molecule has 0 aliphatic carbocycles. The molecule has 0 aliphatic heterocycles. The number of nitrogen functional groups attached to an aromatic ring is 1. The van der Waals surface area contributed by atoms with Gasteiger partial charge in [-0.3, -0.25) is 4.79 Å². The van der Waals surface area contributed by atoms with Gasteiger partial charge in [0.2, 0.25) is 0 Å². The van der Waals surface area contributed by atoms with Crippen LogP contribution in [-0.4, -0.2) is 36.6 Å². The zero-order valence-corrected chi connectivity index (χ0v) is 12.3. The van der Waals surface area contributed by atoms with Crippen LogP contribution in [0.4, 0.5) is 5.69 Å². The third-order valence-electron chi connectivity index (χ3n) is 3.34. The lowest BCUT2D eigenvalue weighted by Gasteiger charge is -2.13. The van der Waals surface area contributed by atoms with Crippen molar-refractivity contribution < 1.29 is 9.90 Å². The summed E-state index contributed by atoms with van der Waals surface area (Å²) in [7, 11) is 3.46. The monoisotopic (exact) mass is 284 g/mol. The summed E-state index contributed by atoms with van der Waals surface area (Å²) in [6.07, 6.45) is 0.557. The van der Waals surface area contributed by atoms with Crippen molar-refractivity contribution in [2.45, 2.75) is 6.42 Å².